The van der Waals surface area contributed by atoms with Gasteiger partial charge in [0.05, 0.1) is 39.0 Å². The lowest BCUT2D eigenvalue weighted by atomic mass is 9.81. The van der Waals surface area contributed by atoms with E-state index in [0.29, 0.717) is 37.1 Å². The van der Waals surface area contributed by atoms with E-state index in [1.165, 1.54) is 25.1 Å². The molecule has 2 aromatic rings. The molecule has 0 saturated carbocycles. The first kappa shape index (κ1) is 25.5. The molecular formula is C23H18BrClN4O4S. The van der Waals surface area contributed by atoms with Gasteiger partial charge in [-0.3, -0.25) is 19.7 Å². The van der Waals surface area contributed by atoms with Gasteiger partial charge in [-0.1, -0.05) is 35.5 Å². The number of thioether (sulfide) groups is 1. The van der Waals surface area contributed by atoms with E-state index in [9.17, 15) is 25.0 Å². The summed E-state index contributed by atoms with van der Waals surface area (Å²) < 4.78 is 0.375. The number of allylic oxidation sites excluding steroid dienone is 3. The molecule has 0 fully saturated rings. The van der Waals surface area contributed by atoms with E-state index in [-0.39, 0.29) is 23.1 Å². The highest BCUT2D eigenvalue weighted by Gasteiger charge is 2.33. The van der Waals surface area contributed by atoms with Crippen molar-refractivity contribution in [2.75, 3.05) is 11.1 Å². The monoisotopic (exact) mass is 560 g/mol. The van der Waals surface area contributed by atoms with Crippen LogP contribution in [0.2, 0.25) is 5.02 Å². The SMILES string of the molecule is CC(=O)C1=C(C)NC(SCC(=O)Nc2ccc([N+](=O)[O-])cc2Br)=C(C#N)C1c1ccc(Cl)cc1. The van der Waals surface area contributed by atoms with E-state index >= 15 is 0 Å². The number of dihydropyridines is 1. The van der Waals surface area contributed by atoms with Crippen LogP contribution in [0.3, 0.4) is 0 Å². The third-order valence-corrected chi connectivity index (χ3v) is 6.94. The molecule has 0 bridgehead atoms. The maximum Gasteiger partial charge on any atom is 0.270 e. The Bertz CT molecular complexity index is 1280. The lowest BCUT2D eigenvalue weighted by molar-refractivity contribution is -0.384. The number of ketones is 1. The van der Waals surface area contributed by atoms with Gasteiger partial charge >= 0.3 is 0 Å². The fourth-order valence-electron chi connectivity index (χ4n) is 3.52. The number of nitro benzene ring substituents is 1. The predicted molar refractivity (Wildman–Crippen MR) is 135 cm³/mol. The van der Waals surface area contributed by atoms with Crippen molar-refractivity contribution in [3.05, 3.63) is 89.5 Å². The first-order valence-corrected chi connectivity index (χ1v) is 12.0. The Hall–Kier alpha value is -3.13. The summed E-state index contributed by atoms with van der Waals surface area (Å²) in [6, 6.07) is 13.2. The summed E-state index contributed by atoms with van der Waals surface area (Å²) in [5, 5.41) is 27.6. The Labute approximate surface area is 213 Å². The molecule has 1 aliphatic rings. The second-order valence-corrected chi connectivity index (χ2v) is 9.59. The number of hydrogen-bond donors (Lipinski definition) is 2. The molecule has 8 nitrogen and oxygen atoms in total. The highest BCUT2D eigenvalue weighted by atomic mass is 79.9. The number of hydrogen-bond acceptors (Lipinski definition) is 7. The number of halogens is 2. The number of anilines is 1. The molecule has 11 heteroatoms. The van der Waals surface area contributed by atoms with Crippen molar-refractivity contribution >= 4 is 62.4 Å². The molecule has 1 aliphatic heterocycles. The molecule has 0 saturated heterocycles. The van der Waals surface area contributed by atoms with Crippen LogP contribution in [0.1, 0.15) is 25.3 Å². The Balaban J connectivity index is 1.84. The molecule has 0 aliphatic carbocycles. The second kappa shape index (κ2) is 10.9. The van der Waals surface area contributed by atoms with Crippen LogP contribution in [-0.2, 0) is 9.59 Å². The van der Waals surface area contributed by atoms with E-state index < -0.39 is 10.8 Å². The van der Waals surface area contributed by atoms with Gasteiger partial charge in [0.15, 0.2) is 5.78 Å². The zero-order valence-corrected chi connectivity index (χ0v) is 21.2. The average Bonchev–Trinajstić information content (AvgIpc) is 2.78. The van der Waals surface area contributed by atoms with Crippen molar-refractivity contribution in [3.63, 3.8) is 0 Å². The van der Waals surface area contributed by atoms with Crippen LogP contribution in [0.15, 0.2) is 68.8 Å². The molecule has 2 N–H and O–H groups in total. The smallest absolute Gasteiger partial charge is 0.270 e. The van der Waals surface area contributed by atoms with Gasteiger partial charge in [0.2, 0.25) is 5.91 Å². The van der Waals surface area contributed by atoms with Crippen LogP contribution >= 0.6 is 39.3 Å². The number of amides is 1. The first-order chi connectivity index (χ1) is 16.1. The lowest BCUT2D eigenvalue weighted by Crippen LogP contribution is -2.27. The number of nitrogens with zero attached hydrogens (tertiary/aromatic N) is 2. The van der Waals surface area contributed by atoms with Crippen molar-refractivity contribution < 1.29 is 14.5 Å². The second-order valence-electron chi connectivity index (χ2n) is 7.32. The number of Topliss-reactive ketones (excluding diaryl/α,β-unsaturated/α-hetero) is 1. The van der Waals surface area contributed by atoms with E-state index in [4.69, 9.17) is 11.6 Å². The summed E-state index contributed by atoms with van der Waals surface area (Å²) in [4.78, 5) is 35.3. The number of non-ortho nitro benzene ring substituents is 1. The van der Waals surface area contributed by atoms with Crippen LogP contribution in [0.25, 0.3) is 0 Å². The molecule has 0 aromatic heterocycles. The average molecular weight is 562 g/mol. The highest BCUT2D eigenvalue weighted by molar-refractivity contribution is 9.10. The molecule has 1 heterocycles. The minimum atomic E-state index is -0.588. The van der Waals surface area contributed by atoms with Crippen LogP contribution in [-0.4, -0.2) is 22.4 Å². The van der Waals surface area contributed by atoms with E-state index in [1.807, 2.05) is 0 Å². The van der Waals surface area contributed by atoms with Crippen LogP contribution in [0, 0.1) is 21.4 Å². The summed E-state index contributed by atoms with van der Waals surface area (Å²) in [6.07, 6.45) is 0. The number of carbonyl (C=O) groups excluding carboxylic acids is 2. The molecule has 0 spiro atoms. The van der Waals surface area contributed by atoms with E-state index in [0.717, 1.165) is 17.3 Å². The quantitative estimate of drug-likeness (QED) is 0.330. The maximum absolute atomic E-state index is 12.6. The van der Waals surface area contributed by atoms with Crippen molar-refractivity contribution in [1.29, 1.82) is 5.26 Å². The minimum absolute atomic E-state index is 0.0348. The molecule has 2 aromatic carbocycles. The van der Waals surface area contributed by atoms with Gasteiger partial charge in [-0.25, -0.2) is 0 Å². The van der Waals surface area contributed by atoms with Gasteiger partial charge in [-0.05, 0) is 53.5 Å². The topological polar surface area (TPSA) is 125 Å². The largest absolute Gasteiger partial charge is 0.353 e. The van der Waals surface area contributed by atoms with Crippen molar-refractivity contribution in [1.82, 2.24) is 5.32 Å². The molecular weight excluding hydrogens is 544 g/mol. The number of nitrogens with one attached hydrogen (secondary N) is 2. The Kier molecular flexibility index (Phi) is 8.15. The molecule has 1 amide bonds. The van der Waals surface area contributed by atoms with Gasteiger partial charge in [0.25, 0.3) is 5.69 Å². The fraction of sp³-hybridized carbons (Fsp3) is 0.174. The van der Waals surface area contributed by atoms with Crippen molar-refractivity contribution in [2.24, 2.45) is 0 Å². The predicted octanol–water partition coefficient (Wildman–Crippen LogP) is 5.67. The number of carbonyl (C=O) groups is 2. The maximum atomic E-state index is 12.6. The zero-order valence-electron chi connectivity index (χ0n) is 18.0. The number of nitro groups is 1. The molecule has 0 radical (unpaired) electrons. The Morgan fingerprint density at radius 2 is 1.97 bits per heavy atom. The third kappa shape index (κ3) is 5.67. The summed E-state index contributed by atoms with van der Waals surface area (Å²) >= 11 is 10.4. The molecule has 3 rings (SSSR count). The van der Waals surface area contributed by atoms with Gasteiger partial charge < -0.3 is 10.6 Å². The standard InChI is InChI=1S/C23H18BrClN4O4S/c1-12-21(13(2)30)22(14-3-5-15(25)6-4-14)17(10-26)23(27-12)34-11-20(31)28-19-8-7-16(29(32)33)9-18(19)24/h3-9,22,27H,11H2,1-2H3,(H,28,31). The van der Waals surface area contributed by atoms with Crippen molar-refractivity contribution in [3.8, 4) is 6.07 Å². The van der Waals surface area contributed by atoms with Gasteiger partial charge in [-0.15, -0.1) is 0 Å². The van der Waals surface area contributed by atoms with Crippen molar-refractivity contribution in [2.45, 2.75) is 19.8 Å². The molecule has 34 heavy (non-hydrogen) atoms. The number of nitriles is 1. The van der Waals surface area contributed by atoms with Crippen LogP contribution in [0.4, 0.5) is 11.4 Å². The summed E-state index contributed by atoms with van der Waals surface area (Å²) in [7, 11) is 0. The minimum Gasteiger partial charge on any atom is -0.353 e. The summed E-state index contributed by atoms with van der Waals surface area (Å²) in [5.41, 5.74) is 2.43. The lowest BCUT2D eigenvalue weighted by Gasteiger charge is -2.29. The number of benzene rings is 2. The third-order valence-electron chi connectivity index (χ3n) is 5.02. The van der Waals surface area contributed by atoms with Gasteiger partial charge in [0.1, 0.15) is 0 Å². The first-order valence-electron chi connectivity index (χ1n) is 9.87. The molecule has 1 unspecified atom stereocenters. The van der Waals surface area contributed by atoms with E-state index in [1.54, 1.807) is 31.2 Å². The summed E-state index contributed by atoms with van der Waals surface area (Å²) in [6.45, 7) is 3.20. The Morgan fingerprint density at radius 3 is 2.53 bits per heavy atom. The van der Waals surface area contributed by atoms with Crippen LogP contribution < -0.4 is 10.6 Å². The number of rotatable bonds is 7. The van der Waals surface area contributed by atoms with Gasteiger partial charge in [-0.2, -0.15) is 5.26 Å². The molecule has 1 atom stereocenters. The van der Waals surface area contributed by atoms with Crippen LogP contribution in [0.5, 0.6) is 0 Å². The van der Waals surface area contributed by atoms with E-state index in [2.05, 4.69) is 32.6 Å². The molecule has 174 valence electrons. The zero-order chi connectivity index (χ0) is 25.0. The summed E-state index contributed by atoms with van der Waals surface area (Å²) in [5.74, 6) is -1.15. The van der Waals surface area contributed by atoms with Gasteiger partial charge in [0, 0.05) is 32.9 Å². The highest BCUT2D eigenvalue weighted by Crippen LogP contribution is 2.41. The fourth-order valence-corrected chi connectivity index (χ4v) is 5.01. The normalized spacial score (nSPS) is 15.4. The Morgan fingerprint density at radius 1 is 1.29 bits per heavy atom.